The Kier molecular flexibility index (Phi) is 6.77. The van der Waals surface area contributed by atoms with Gasteiger partial charge in [0.25, 0.3) is 0 Å². The van der Waals surface area contributed by atoms with Crippen LogP contribution >= 0.6 is 0 Å². The SMILES string of the molecule is COCCOc1ccccc1C(N)COCC(F)(F)F. The Labute approximate surface area is 115 Å². The fourth-order valence-corrected chi connectivity index (χ4v) is 1.54. The minimum absolute atomic E-state index is 0.232. The topological polar surface area (TPSA) is 53.7 Å². The number of alkyl halides is 3. The Morgan fingerprint density at radius 2 is 1.90 bits per heavy atom. The van der Waals surface area contributed by atoms with Gasteiger partial charge < -0.3 is 19.9 Å². The summed E-state index contributed by atoms with van der Waals surface area (Å²) in [6.45, 7) is -0.796. The zero-order chi connectivity index (χ0) is 15.0. The van der Waals surface area contributed by atoms with Gasteiger partial charge in [0.2, 0.25) is 0 Å². The van der Waals surface area contributed by atoms with Crippen molar-refractivity contribution in [3.63, 3.8) is 0 Å². The lowest BCUT2D eigenvalue weighted by Gasteiger charge is -2.17. The average Bonchev–Trinajstić information content (AvgIpc) is 2.38. The molecule has 0 aromatic heterocycles. The molecule has 1 aromatic carbocycles. The molecule has 114 valence electrons. The Balaban J connectivity index is 2.55. The monoisotopic (exact) mass is 293 g/mol. The molecule has 0 bridgehead atoms. The predicted octanol–water partition coefficient (Wildman–Crippen LogP) is 2.29. The number of ether oxygens (including phenoxy) is 3. The molecule has 0 amide bonds. The molecule has 1 unspecified atom stereocenters. The first-order chi connectivity index (χ1) is 9.44. The highest BCUT2D eigenvalue weighted by Crippen LogP contribution is 2.24. The van der Waals surface area contributed by atoms with Crippen LogP contribution in [0.1, 0.15) is 11.6 Å². The van der Waals surface area contributed by atoms with Crippen LogP contribution < -0.4 is 10.5 Å². The van der Waals surface area contributed by atoms with Crippen molar-refractivity contribution in [1.82, 2.24) is 0 Å². The van der Waals surface area contributed by atoms with Gasteiger partial charge in [0.05, 0.1) is 19.3 Å². The molecule has 0 heterocycles. The quantitative estimate of drug-likeness (QED) is 0.747. The molecule has 1 rings (SSSR count). The minimum atomic E-state index is -4.35. The Morgan fingerprint density at radius 3 is 2.55 bits per heavy atom. The maximum atomic E-state index is 12.0. The van der Waals surface area contributed by atoms with Crippen molar-refractivity contribution >= 4 is 0 Å². The molecule has 0 spiro atoms. The Bertz CT molecular complexity index is 399. The summed E-state index contributed by atoms with van der Waals surface area (Å²) in [6, 6.07) is 6.21. The molecule has 20 heavy (non-hydrogen) atoms. The van der Waals surface area contributed by atoms with Crippen molar-refractivity contribution in [2.75, 3.05) is 33.5 Å². The first kappa shape index (κ1) is 16.7. The molecule has 2 N–H and O–H groups in total. The fourth-order valence-electron chi connectivity index (χ4n) is 1.54. The zero-order valence-corrected chi connectivity index (χ0v) is 11.2. The van der Waals surface area contributed by atoms with Crippen LogP contribution in [0, 0.1) is 0 Å². The maximum Gasteiger partial charge on any atom is 0.411 e. The number of nitrogens with two attached hydrogens (primary N) is 1. The smallest absolute Gasteiger partial charge is 0.411 e. The summed E-state index contributed by atoms with van der Waals surface area (Å²) in [5.41, 5.74) is 6.43. The lowest BCUT2D eigenvalue weighted by Crippen LogP contribution is -2.23. The molecule has 0 aliphatic carbocycles. The van der Waals surface area contributed by atoms with Gasteiger partial charge in [-0.15, -0.1) is 0 Å². The van der Waals surface area contributed by atoms with Crippen molar-refractivity contribution in [2.24, 2.45) is 5.73 Å². The van der Waals surface area contributed by atoms with Crippen LogP contribution in [-0.2, 0) is 9.47 Å². The van der Waals surface area contributed by atoms with E-state index in [1.807, 2.05) is 0 Å². The van der Waals surface area contributed by atoms with E-state index in [9.17, 15) is 13.2 Å². The van der Waals surface area contributed by atoms with Crippen LogP contribution in [0.3, 0.4) is 0 Å². The largest absolute Gasteiger partial charge is 0.491 e. The van der Waals surface area contributed by atoms with E-state index in [-0.39, 0.29) is 6.61 Å². The molecule has 0 aliphatic heterocycles. The Morgan fingerprint density at radius 1 is 1.20 bits per heavy atom. The number of para-hydroxylation sites is 1. The first-order valence-corrected chi connectivity index (χ1v) is 6.05. The van der Waals surface area contributed by atoms with Gasteiger partial charge in [0, 0.05) is 12.7 Å². The van der Waals surface area contributed by atoms with E-state index >= 15 is 0 Å². The lowest BCUT2D eigenvalue weighted by atomic mass is 10.1. The van der Waals surface area contributed by atoms with Gasteiger partial charge in [-0.3, -0.25) is 0 Å². The highest BCUT2D eigenvalue weighted by Gasteiger charge is 2.28. The molecule has 1 atom stereocenters. The van der Waals surface area contributed by atoms with Crippen LogP contribution in [0.2, 0.25) is 0 Å². The maximum absolute atomic E-state index is 12.0. The summed E-state index contributed by atoms with van der Waals surface area (Å²) in [6.07, 6.45) is -4.35. The molecule has 0 radical (unpaired) electrons. The average molecular weight is 293 g/mol. The number of rotatable bonds is 8. The van der Waals surface area contributed by atoms with E-state index in [4.69, 9.17) is 15.2 Å². The van der Waals surface area contributed by atoms with Gasteiger partial charge in [-0.2, -0.15) is 13.2 Å². The van der Waals surface area contributed by atoms with Crippen molar-refractivity contribution in [1.29, 1.82) is 0 Å². The van der Waals surface area contributed by atoms with Crippen molar-refractivity contribution in [3.8, 4) is 5.75 Å². The predicted molar refractivity (Wildman–Crippen MR) is 67.6 cm³/mol. The second-order valence-corrected chi connectivity index (χ2v) is 4.12. The number of hydrogen-bond acceptors (Lipinski definition) is 4. The van der Waals surface area contributed by atoms with Crippen molar-refractivity contribution < 1.29 is 27.4 Å². The molecule has 7 heteroatoms. The van der Waals surface area contributed by atoms with E-state index in [1.165, 1.54) is 0 Å². The van der Waals surface area contributed by atoms with E-state index < -0.39 is 18.8 Å². The third-order valence-corrected chi connectivity index (χ3v) is 2.43. The normalized spacial score (nSPS) is 13.2. The number of hydrogen-bond donors (Lipinski definition) is 1. The van der Waals surface area contributed by atoms with Crippen LogP contribution in [0.25, 0.3) is 0 Å². The van der Waals surface area contributed by atoms with Crippen molar-refractivity contribution in [2.45, 2.75) is 12.2 Å². The Hall–Kier alpha value is -1.31. The minimum Gasteiger partial charge on any atom is -0.491 e. The molecule has 0 fully saturated rings. The molecule has 1 aromatic rings. The third kappa shape index (κ3) is 6.23. The summed E-state index contributed by atoms with van der Waals surface area (Å²) in [5.74, 6) is 0.521. The van der Waals surface area contributed by atoms with E-state index in [0.29, 0.717) is 24.5 Å². The molecule has 0 saturated heterocycles. The third-order valence-electron chi connectivity index (χ3n) is 2.43. The lowest BCUT2D eigenvalue weighted by molar-refractivity contribution is -0.174. The molecular weight excluding hydrogens is 275 g/mol. The standard InChI is InChI=1S/C13H18F3NO3/c1-18-6-7-20-12-5-3-2-4-10(12)11(17)8-19-9-13(14,15)16/h2-5,11H,6-9,17H2,1H3. The molecule has 4 nitrogen and oxygen atoms in total. The van der Waals surface area contributed by atoms with Gasteiger partial charge in [-0.05, 0) is 6.07 Å². The highest BCUT2D eigenvalue weighted by atomic mass is 19.4. The fraction of sp³-hybridized carbons (Fsp3) is 0.538. The molecule has 0 saturated carbocycles. The summed E-state index contributed by atoms with van der Waals surface area (Å²) in [7, 11) is 1.55. The van der Waals surface area contributed by atoms with Crippen LogP contribution in [0.5, 0.6) is 5.75 Å². The number of methoxy groups -OCH3 is 1. The summed E-state index contributed by atoms with van der Waals surface area (Å²) >= 11 is 0. The highest BCUT2D eigenvalue weighted by molar-refractivity contribution is 5.35. The summed E-state index contributed by atoms with van der Waals surface area (Å²) < 4.78 is 50.9. The zero-order valence-electron chi connectivity index (χ0n) is 11.2. The van der Waals surface area contributed by atoms with E-state index in [2.05, 4.69) is 4.74 Å². The van der Waals surface area contributed by atoms with Crippen molar-refractivity contribution in [3.05, 3.63) is 29.8 Å². The van der Waals surface area contributed by atoms with Gasteiger partial charge in [-0.25, -0.2) is 0 Å². The van der Waals surface area contributed by atoms with E-state index in [1.54, 1.807) is 31.4 Å². The van der Waals surface area contributed by atoms with Crippen LogP contribution in [-0.4, -0.2) is 39.7 Å². The summed E-state index contributed by atoms with van der Waals surface area (Å²) in [4.78, 5) is 0. The first-order valence-electron chi connectivity index (χ1n) is 6.05. The number of halogens is 3. The van der Waals surface area contributed by atoms with Crippen LogP contribution in [0.15, 0.2) is 24.3 Å². The van der Waals surface area contributed by atoms with Crippen LogP contribution in [0.4, 0.5) is 13.2 Å². The molecular formula is C13H18F3NO3. The molecule has 0 aliphatic rings. The second-order valence-electron chi connectivity index (χ2n) is 4.12. The van der Waals surface area contributed by atoms with Gasteiger partial charge in [0.15, 0.2) is 0 Å². The van der Waals surface area contributed by atoms with Gasteiger partial charge in [0.1, 0.15) is 19.0 Å². The van der Waals surface area contributed by atoms with Gasteiger partial charge in [-0.1, -0.05) is 18.2 Å². The van der Waals surface area contributed by atoms with Gasteiger partial charge >= 0.3 is 6.18 Å². The second kappa shape index (κ2) is 8.08. The van der Waals surface area contributed by atoms with E-state index in [0.717, 1.165) is 0 Å². The summed E-state index contributed by atoms with van der Waals surface area (Å²) in [5, 5.41) is 0. The number of benzene rings is 1.